The van der Waals surface area contributed by atoms with E-state index in [-0.39, 0.29) is 0 Å². The van der Waals surface area contributed by atoms with Gasteiger partial charge in [0.1, 0.15) is 11.2 Å². The molecule has 1 heterocycles. The molecule has 0 aliphatic rings. The number of benzene rings is 11. The van der Waals surface area contributed by atoms with Crippen molar-refractivity contribution in [1.82, 2.24) is 0 Å². The first-order valence-electron chi connectivity index (χ1n) is 19.9. The van der Waals surface area contributed by atoms with E-state index in [9.17, 15) is 0 Å². The van der Waals surface area contributed by atoms with Gasteiger partial charge in [-0.15, -0.1) is 0 Å². The zero-order valence-corrected chi connectivity index (χ0v) is 31.6. The molecule has 58 heavy (non-hydrogen) atoms. The van der Waals surface area contributed by atoms with Gasteiger partial charge in [0, 0.05) is 39.0 Å². The first kappa shape index (κ1) is 32.6. The summed E-state index contributed by atoms with van der Waals surface area (Å²) in [7, 11) is 0. The molecule has 0 aliphatic heterocycles. The predicted molar refractivity (Wildman–Crippen MR) is 247 cm³/mol. The van der Waals surface area contributed by atoms with Gasteiger partial charge in [-0.2, -0.15) is 0 Å². The van der Waals surface area contributed by atoms with Gasteiger partial charge < -0.3 is 9.32 Å². The van der Waals surface area contributed by atoms with Gasteiger partial charge in [-0.1, -0.05) is 170 Å². The summed E-state index contributed by atoms with van der Waals surface area (Å²) >= 11 is 0. The summed E-state index contributed by atoms with van der Waals surface area (Å²) in [6.07, 6.45) is 0. The monoisotopic (exact) mass is 737 g/mol. The molecule has 0 bridgehead atoms. The standard InChI is InChI=1S/C56H35NO/c1-3-16-37(17-4-1)54-49-26-14-12-24-45(49)46-31-28-40(34-51(46)55(54)38-18-5-2-6-19-38)57(52-33-39-20-8-9-21-42(39)44-23-11-13-25-47(44)52)41-29-32-48-50-30-27-36-15-7-10-22-43(36)56(50)58-53(48)35-41/h1-35H. The van der Waals surface area contributed by atoms with Crippen LogP contribution in [0.1, 0.15) is 0 Å². The van der Waals surface area contributed by atoms with Crippen LogP contribution >= 0.6 is 0 Å². The van der Waals surface area contributed by atoms with Crippen LogP contribution < -0.4 is 4.90 Å². The third-order valence-corrected chi connectivity index (χ3v) is 12.0. The van der Waals surface area contributed by atoms with Crippen LogP contribution in [0, 0.1) is 0 Å². The zero-order valence-electron chi connectivity index (χ0n) is 31.6. The molecule has 0 spiro atoms. The van der Waals surface area contributed by atoms with Crippen molar-refractivity contribution in [1.29, 1.82) is 0 Å². The Balaban J connectivity index is 1.19. The van der Waals surface area contributed by atoms with Gasteiger partial charge in [0.05, 0.1) is 5.69 Å². The molecule has 11 aromatic carbocycles. The lowest BCUT2D eigenvalue weighted by molar-refractivity contribution is 0.673. The first-order valence-corrected chi connectivity index (χ1v) is 19.9. The van der Waals surface area contributed by atoms with Crippen molar-refractivity contribution in [2.24, 2.45) is 0 Å². The second-order valence-corrected chi connectivity index (χ2v) is 15.2. The molecule has 0 saturated heterocycles. The van der Waals surface area contributed by atoms with Gasteiger partial charge in [0.2, 0.25) is 0 Å². The third kappa shape index (κ3) is 4.99. The molecule has 0 fully saturated rings. The SMILES string of the molecule is c1ccc(-c2c(-c3ccccc3)c3cc(N(c4ccc5c(c4)oc4c6ccccc6ccc54)c4cc5ccccc5c5ccccc45)ccc3c3ccccc23)cc1. The summed E-state index contributed by atoms with van der Waals surface area (Å²) in [6.45, 7) is 0. The van der Waals surface area contributed by atoms with Crippen molar-refractivity contribution in [3.05, 3.63) is 212 Å². The number of fused-ring (bicyclic) bond motifs is 11. The van der Waals surface area contributed by atoms with E-state index in [0.29, 0.717) is 0 Å². The summed E-state index contributed by atoms with van der Waals surface area (Å²) in [4.78, 5) is 2.44. The largest absolute Gasteiger partial charge is 0.455 e. The van der Waals surface area contributed by atoms with Crippen LogP contribution in [-0.4, -0.2) is 0 Å². The number of hydrogen-bond acceptors (Lipinski definition) is 2. The Hall–Kier alpha value is -7.68. The molecule has 0 amide bonds. The minimum absolute atomic E-state index is 0.863. The van der Waals surface area contributed by atoms with Crippen LogP contribution in [0.5, 0.6) is 0 Å². The molecule has 0 radical (unpaired) electrons. The molecule has 0 N–H and O–H groups in total. The van der Waals surface area contributed by atoms with Crippen LogP contribution in [0.2, 0.25) is 0 Å². The smallest absolute Gasteiger partial charge is 0.143 e. The summed E-state index contributed by atoms with van der Waals surface area (Å²) in [5, 5.41) is 14.3. The summed E-state index contributed by atoms with van der Waals surface area (Å²) in [5.74, 6) is 0. The Labute approximate surface area is 335 Å². The van der Waals surface area contributed by atoms with E-state index < -0.39 is 0 Å². The molecular formula is C56H35NO. The quantitative estimate of drug-likeness (QED) is 0.164. The first-order chi connectivity index (χ1) is 28.8. The van der Waals surface area contributed by atoms with Crippen molar-refractivity contribution in [2.45, 2.75) is 0 Å². The van der Waals surface area contributed by atoms with E-state index >= 15 is 0 Å². The molecule has 12 aromatic rings. The Morgan fingerprint density at radius 2 is 0.793 bits per heavy atom. The molecule has 0 aliphatic carbocycles. The lowest BCUT2D eigenvalue weighted by Crippen LogP contribution is -2.11. The fraction of sp³-hybridized carbons (Fsp3) is 0. The molecule has 2 heteroatoms. The highest BCUT2D eigenvalue weighted by atomic mass is 16.3. The summed E-state index contributed by atoms with van der Waals surface area (Å²) < 4.78 is 6.82. The maximum atomic E-state index is 6.82. The van der Waals surface area contributed by atoms with Crippen molar-refractivity contribution in [2.75, 3.05) is 4.90 Å². The fourth-order valence-corrected chi connectivity index (χ4v) is 9.41. The molecular weight excluding hydrogens is 703 g/mol. The lowest BCUT2D eigenvalue weighted by Gasteiger charge is -2.28. The Morgan fingerprint density at radius 3 is 1.52 bits per heavy atom. The Bertz CT molecular complexity index is 3570. The van der Waals surface area contributed by atoms with Crippen molar-refractivity contribution < 1.29 is 4.42 Å². The normalized spacial score (nSPS) is 11.8. The second-order valence-electron chi connectivity index (χ2n) is 15.2. The number of anilines is 3. The zero-order chi connectivity index (χ0) is 38.2. The van der Waals surface area contributed by atoms with E-state index in [1.807, 2.05) is 0 Å². The van der Waals surface area contributed by atoms with Gasteiger partial charge in [0.15, 0.2) is 0 Å². The van der Waals surface area contributed by atoms with E-state index in [1.54, 1.807) is 0 Å². The average Bonchev–Trinajstić information content (AvgIpc) is 3.68. The highest BCUT2D eigenvalue weighted by Crippen LogP contribution is 2.49. The van der Waals surface area contributed by atoms with E-state index in [0.717, 1.165) is 44.4 Å². The number of nitrogens with zero attached hydrogens (tertiary/aromatic N) is 1. The van der Waals surface area contributed by atoms with E-state index in [1.165, 1.54) is 70.7 Å². The lowest BCUT2D eigenvalue weighted by atomic mass is 9.85. The van der Waals surface area contributed by atoms with E-state index in [4.69, 9.17) is 4.42 Å². The topological polar surface area (TPSA) is 16.4 Å². The van der Waals surface area contributed by atoms with Crippen molar-refractivity contribution in [3.63, 3.8) is 0 Å². The van der Waals surface area contributed by atoms with Crippen LogP contribution in [0.3, 0.4) is 0 Å². The number of rotatable bonds is 5. The maximum absolute atomic E-state index is 6.82. The van der Waals surface area contributed by atoms with Gasteiger partial charge in [-0.3, -0.25) is 0 Å². The van der Waals surface area contributed by atoms with Crippen LogP contribution in [0.4, 0.5) is 17.1 Å². The molecule has 270 valence electrons. The van der Waals surface area contributed by atoms with Gasteiger partial charge in [-0.05, 0) is 102 Å². The van der Waals surface area contributed by atoms with Crippen LogP contribution in [0.15, 0.2) is 217 Å². The van der Waals surface area contributed by atoms with Gasteiger partial charge in [0.25, 0.3) is 0 Å². The molecule has 2 nitrogen and oxygen atoms in total. The Morgan fingerprint density at radius 1 is 0.293 bits per heavy atom. The minimum Gasteiger partial charge on any atom is -0.455 e. The molecule has 12 rings (SSSR count). The van der Waals surface area contributed by atoms with E-state index in [2.05, 4.69) is 217 Å². The number of hydrogen-bond donors (Lipinski definition) is 0. The van der Waals surface area contributed by atoms with Crippen molar-refractivity contribution >= 4 is 92.9 Å². The third-order valence-electron chi connectivity index (χ3n) is 12.0. The summed E-state index contributed by atoms with van der Waals surface area (Å²) in [6, 6.07) is 77.1. The molecule has 1 aromatic heterocycles. The van der Waals surface area contributed by atoms with Crippen LogP contribution in [-0.2, 0) is 0 Å². The molecule has 0 unspecified atom stereocenters. The molecule has 0 atom stereocenters. The Kier molecular flexibility index (Phi) is 7.26. The fourth-order valence-electron chi connectivity index (χ4n) is 9.41. The van der Waals surface area contributed by atoms with Crippen molar-refractivity contribution in [3.8, 4) is 22.3 Å². The summed E-state index contributed by atoms with van der Waals surface area (Å²) in [5.41, 5.74) is 9.85. The average molecular weight is 738 g/mol. The minimum atomic E-state index is 0.863. The molecule has 0 saturated carbocycles. The predicted octanol–water partition coefficient (Wildman–Crippen LogP) is 16.2. The second kappa shape index (κ2) is 12.9. The van der Waals surface area contributed by atoms with Crippen LogP contribution in [0.25, 0.3) is 98.1 Å². The van der Waals surface area contributed by atoms with Gasteiger partial charge in [-0.25, -0.2) is 0 Å². The van der Waals surface area contributed by atoms with Gasteiger partial charge >= 0.3 is 0 Å². The number of furan rings is 1. The maximum Gasteiger partial charge on any atom is 0.143 e. The highest BCUT2D eigenvalue weighted by Gasteiger charge is 2.23. The highest BCUT2D eigenvalue weighted by molar-refractivity contribution is 6.23.